The first-order valence-corrected chi connectivity index (χ1v) is 11.1. The number of rotatable bonds is 4. The lowest BCUT2D eigenvalue weighted by molar-refractivity contribution is 0.364. The van der Waals surface area contributed by atoms with Crippen molar-refractivity contribution in [2.45, 2.75) is 57.4 Å². The SMILES string of the molecule is Cc1ccc(-n2c(SC(C)c3nc(C(C)(C)C)no3)nc3ccccc3c2=O)cc1C. The van der Waals surface area contributed by atoms with E-state index in [9.17, 15) is 4.79 Å². The van der Waals surface area contributed by atoms with Gasteiger partial charge in [-0.1, -0.05) is 55.9 Å². The molecular weight excluding hydrogens is 408 g/mol. The molecule has 0 aliphatic carbocycles. The zero-order chi connectivity index (χ0) is 22.3. The first-order chi connectivity index (χ1) is 14.6. The molecule has 2 aromatic heterocycles. The highest BCUT2D eigenvalue weighted by Gasteiger charge is 2.25. The summed E-state index contributed by atoms with van der Waals surface area (Å²) in [6, 6.07) is 13.4. The van der Waals surface area contributed by atoms with Crippen molar-refractivity contribution < 1.29 is 4.52 Å². The van der Waals surface area contributed by atoms with E-state index in [0.29, 0.717) is 27.8 Å². The largest absolute Gasteiger partial charge is 0.338 e. The molecule has 0 bridgehead atoms. The number of hydrogen-bond acceptors (Lipinski definition) is 6. The van der Waals surface area contributed by atoms with Crippen LogP contribution >= 0.6 is 11.8 Å². The summed E-state index contributed by atoms with van der Waals surface area (Å²) in [7, 11) is 0. The van der Waals surface area contributed by atoms with Gasteiger partial charge in [0.1, 0.15) is 0 Å². The zero-order valence-electron chi connectivity index (χ0n) is 18.6. The first-order valence-electron chi connectivity index (χ1n) is 10.3. The summed E-state index contributed by atoms with van der Waals surface area (Å²) in [5.41, 5.74) is 3.46. The molecule has 0 aliphatic rings. The Kier molecular flexibility index (Phi) is 5.47. The molecule has 0 saturated heterocycles. The van der Waals surface area contributed by atoms with Gasteiger partial charge in [0, 0.05) is 5.41 Å². The fourth-order valence-electron chi connectivity index (χ4n) is 3.20. The Morgan fingerprint density at radius 1 is 1.03 bits per heavy atom. The zero-order valence-corrected chi connectivity index (χ0v) is 19.4. The second-order valence-electron chi connectivity index (χ2n) is 8.79. The van der Waals surface area contributed by atoms with Gasteiger partial charge in [0.25, 0.3) is 5.56 Å². The summed E-state index contributed by atoms with van der Waals surface area (Å²) in [4.78, 5) is 22.9. The van der Waals surface area contributed by atoms with Crippen LogP contribution in [0.15, 0.2) is 56.9 Å². The van der Waals surface area contributed by atoms with Crippen LogP contribution in [0.25, 0.3) is 16.6 Å². The highest BCUT2D eigenvalue weighted by Crippen LogP contribution is 2.35. The lowest BCUT2D eigenvalue weighted by atomic mass is 9.96. The number of aromatic nitrogens is 4. The molecule has 0 amide bonds. The van der Waals surface area contributed by atoms with Gasteiger partial charge >= 0.3 is 0 Å². The van der Waals surface area contributed by atoms with Crippen LogP contribution in [0.1, 0.15) is 55.8 Å². The van der Waals surface area contributed by atoms with Crippen molar-refractivity contribution in [1.82, 2.24) is 19.7 Å². The Morgan fingerprint density at radius 3 is 2.45 bits per heavy atom. The third kappa shape index (κ3) is 4.14. The molecule has 160 valence electrons. The predicted octanol–water partition coefficient (Wildman–Crippen LogP) is 5.54. The summed E-state index contributed by atoms with van der Waals surface area (Å²) in [6.07, 6.45) is 0. The number of nitrogens with zero attached hydrogens (tertiary/aromatic N) is 4. The molecule has 0 radical (unpaired) electrons. The monoisotopic (exact) mass is 434 g/mol. The van der Waals surface area contributed by atoms with E-state index in [1.807, 2.05) is 77.1 Å². The van der Waals surface area contributed by atoms with Gasteiger partial charge in [-0.3, -0.25) is 9.36 Å². The van der Waals surface area contributed by atoms with Gasteiger partial charge in [-0.15, -0.1) is 0 Å². The molecule has 4 rings (SSSR count). The highest BCUT2D eigenvalue weighted by atomic mass is 32.2. The van der Waals surface area contributed by atoms with Crippen LogP contribution in [-0.2, 0) is 5.41 Å². The Morgan fingerprint density at radius 2 is 1.77 bits per heavy atom. The van der Waals surface area contributed by atoms with E-state index in [2.05, 4.69) is 17.1 Å². The number of hydrogen-bond donors (Lipinski definition) is 0. The number of aryl methyl sites for hydroxylation is 2. The first kappa shape index (κ1) is 21.3. The van der Waals surface area contributed by atoms with E-state index in [1.54, 1.807) is 4.57 Å². The van der Waals surface area contributed by atoms with E-state index < -0.39 is 0 Å². The lowest BCUT2D eigenvalue weighted by Crippen LogP contribution is -2.22. The maximum absolute atomic E-state index is 13.5. The van der Waals surface area contributed by atoms with E-state index in [1.165, 1.54) is 17.3 Å². The van der Waals surface area contributed by atoms with Gasteiger partial charge in [-0.05, 0) is 56.2 Å². The van der Waals surface area contributed by atoms with Gasteiger partial charge in [0.05, 0.1) is 21.8 Å². The molecule has 0 N–H and O–H groups in total. The second-order valence-corrected chi connectivity index (χ2v) is 10.1. The fraction of sp³-hybridized carbons (Fsp3) is 0.333. The second kappa shape index (κ2) is 7.96. The Bertz CT molecular complexity index is 1320. The third-order valence-electron chi connectivity index (χ3n) is 5.24. The van der Waals surface area contributed by atoms with Crippen LogP contribution in [0.4, 0.5) is 0 Å². The maximum atomic E-state index is 13.5. The molecular formula is C24H26N4O2S. The molecule has 6 nitrogen and oxygen atoms in total. The average Bonchev–Trinajstić information content (AvgIpc) is 3.22. The van der Waals surface area contributed by atoms with Crippen LogP contribution in [0.5, 0.6) is 0 Å². The smallest absolute Gasteiger partial charge is 0.266 e. The van der Waals surface area contributed by atoms with Crippen LogP contribution in [0.3, 0.4) is 0 Å². The summed E-state index contributed by atoms with van der Waals surface area (Å²) in [5.74, 6) is 1.18. The van der Waals surface area contributed by atoms with Crippen molar-refractivity contribution in [1.29, 1.82) is 0 Å². The van der Waals surface area contributed by atoms with Gasteiger partial charge < -0.3 is 4.52 Å². The summed E-state index contributed by atoms with van der Waals surface area (Å²) < 4.78 is 7.20. The van der Waals surface area contributed by atoms with Gasteiger partial charge in [-0.2, -0.15) is 4.98 Å². The normalized spacial score (nSPS) is 13.0. The predicted molar refractivity (Wildman–Crippen MR) is 124 cm³/mol. The molecule has 0 saturated carbocycles. The highest BCUT2D eigenvalue weighted by molar-refractivity contribution is 7.99. The Labute approximate surface area is 185 Å². The van der Waals surface area contributed by atoms with Crippen molar-refractivity contribution in [2.24, 2.45) is 0 Å². The van der Waals surface area contributed by atoms with Crippen molar-refractivity contribution in [3.05, 3.63) is 75.7 Å². The van der Waals surface area contributed by atoms with E-state index in [-0.39, 0.29) is 16.2 Å². The van der Waals surface area contributed by atoms with Gasteiger partial charge in [0.15, 0.2) is 11.0 Å². The Hall–Kier alpha value is -2.93. The number of benzene rings is 2. The quantitative estimate of drug-likeness (QED) is 0.310. The van der Waals surface area contributed by atoms with Crippen molar-refractivity contribution in [2.75, 3.05) is 0 Å². The summed E-state index contributed by atoms with van der Waals surface area (Å²) in [6.45, 7) is 12.2. The summed E-state index contributed by atoms with van der Waals surface area (Å²) in [5, 5.41) is 5.14. The molecule has 2 heterocycles. The third-order valence-corrected chi connectivity index (χ3v) is 6.28. The maximum Gasteiger partial charge on any atom is 0.266 e. The molecule has 0 spiro atoms. The fourth-order valence-corrected chi connectivity index (χ4v) is 4.15. The average molecular weight is 435 g/mol. The topological polar surface area (TPSA) is 73.8 Å². The minimum absolute atomic E-state index is 0.0931. The van der Waals surface area contributed by atoms with Crippen LogP contribution in [-0.4, -0.2) is 19.7 Å². The van der Waals surface area contributed by atoms with Crippen LogP contribution in [0, 0.1) is 13.8 Å². The van der Waals surface area contributed by atoms with Crippen molar-refractivity contribution in [3.8, 4) is 5.69 Å². The van der Waals surface area contributed by atoms with E-state index in [0.717, 1.165) is 11.3 Å². The van der Waals surface area contributed by atoms with Gasteiger partial charge in [-0.25, -0.2) is 4.98 Å². The molecule has 31 heavy (non-hydrogen) atoms. The molecule has 7 heteroatoms. The number of para-hydroxylation sites is 1. The minimum atomic E-state index is -0.200. The summed E-state index contributed by atoms with van der Waals surface area (Å²) >= 11 is 1.44. The standard InChI is InChI=1S/C24H26N4O2S/c1-14-11-12-17(13-15(14)2)28-21(29)18-9-7-8-10-19(18)25-23(28)31-16(3)20-26-22(27-30-20)24(4,5)6/h7-13,16H,1-6H3. The molecule has 0 fully saturated rings. The molecule has 0 aliphatic heterocycles. The van der Waals surface area contributed by atoms with Gasteiger partial charge in [0.2, 0.25) is 5.89 Å². The molecule has 4 aromatic rings. The van der Waals surface area contributed by atoms with E-state index in [4.69, 9.17) is 9.51 Å². The van der Waals surface area contributed by atoms with Crippen LogP contribution < -0.4 is 5.56 Å². The van der Waals surface area contributed by atoms with E-state index >= 15 is 0 Å². The molecule has 1 atom stereocenters. The van der Waals surface area contributed by atoms with Crippen LogP contribution in [0.2, 0.25) is 0 Å². The number of fused-ring (bicyclic) bond motifs is 1. The molecule has 2 aromatic carbocycles. The lowest BCUT2D eigenvalue weighted by Gasteiger charge is -2.16. The molecule has 1 unspecified atom stereocenters. The number of thioether (sulfide) groups is 1. The van der Waals surface area contributed by atoms with Crippen molar-refractivity contribution in [3.63, 3.8) is 0 Å². The van der Waals surface area contributed by atoms with Crippen molar-refractivity contribution >= 4 is 22.7 Å². The minimum Gasteiger partial charge on any atom is -0.338 e. The Balaban J connectivity index is 1.83.